The molecule has 0 aromatic heterocycles. The normalized spacial score (nSPS) is 11.3. The van der Waals surface area contributed by atoms with Crippen molar-refractivity contribution in [1.82, 2.24) is 10.6 Å². The molecule has 25 heavy (non-hydrogen) atoms. The topological polar surface area (TPSA) is 84.5 Å². The van der Waals surface area contributed by atoms with E-state index in [1.54, 1.807) is 54.6 Å². The van der Waals surface area contributed by atoms with E-state index in [1.807, 2.05) is 0 Å². The molecule has 0 aliphatic heterocycles. The molecule has 0 unspecified atom stereocenters. The third-order valence-electron chi connectivity index (χ3n) is 3.35. The summed E-state index contributed by atoms with van der Waals surface area (Å²) in [6.45, 7) is 0. The highest BCUT2D eigenvalue weighted by Gasteiger charge is 2.26. The maximum atomic E-state index is 12.3. The molecule has 0 heterocycles. The molecule has 0 fully saturated rings. The highest BCUT2D eigenvalue weighted by Crippen LogP contribution is 2.20. The molecule has 0 radical (unpaired) electrons. The van der Waals surface area contributed by atoms with E-state index < -0.39 is 24.0 Å². The molecule has 0 saturated heterocycles. The maximum Gasteiger partial charge on any atom is 0.321 e. The molecule has 3 amide bonds. The van der Waals surface area contributed by atoms with Gasteiger partial charge < -0.3 is 10.1 Å². The van der Waals surface area contributed by atoms with Gasteiger partial charge in [-0.3, -0.25) is 14.9 Å². The minimum atomic E-state index is -1.24. The smallest absolute Gasteiger partial charge is 0.321 e. The van der Waals surface area contributed by atoms with Crippen molar-refractivity contribution in [2.45, 2.75) is 12.5 Å². The SMILES string of the molecule is CNC(=O)NC(=O)[C@H](OC(=O)Cc1ccccc1Cl)c1ccccc1. The third-order valence-corrected chi connectivity index (χ3v) is 3.71. The van der Waals surface area contributed by atoms with Crippen LogP contribution in [0.5, 0.6) is 0 Å². The molecule has 2 aromatic rings. The lowest BCUT2D eigenvalue weighted by Crippen LogP contribution is -2.41. The Labute approximate surface area is 150 Å². The van der Waals surface area contributed by atoms with Gasteiger partial charge in [0, 0.05) is 17.6 Å². The molecular weight excluding hydrogens is 344 g/mol. The largest absolute Gasteiger partial charge is 0.447 e. The second kappa shape index (κ2) is 8.84. The highest BCUT2D eigenvalue weighted by atomic mass is 35.5. The van der Waals surface area contributed by atoms with Gasteiger partial charge in [0.15, 0.2) is 0 Å². The van der Waals surface area contributed by atoms with Gasteiger partial charge in [0.05, 0.1) is 6.42 Å². The monoisotopic (exact) mass is 360 g/mol. The van der Waals surface area contributed by atoms with Crippen LogP contribution in [0.4, 0.5) is 4.79 Å². The Morgan fingerprint density at radius 3 is 2.32 bits per heavy atom. The molecule has 6 nitrogen and oxygen atoms in total. The summed E-state index contributed by atoms with van der Waals surface area (Å²) in [5.74, 6) is -1.37. The molecule has 0 bridgehead atoms. The van der Waals surface area contributed by atoms with E-state index in [1.165, 1.54) is 7.05 Å². The van der Waals surface area contributed by atoms with Gasteiger partial charge in [-0.25, -0.2) is 4.79 Å². The third kappa shape index (κ3) is 5.32. The van der Waals surface area contributed by atoms with E-state index in [2.05, 4.69) is 10.6 Å². The van der Waals surface area contributed by atoms with Crippen molar-refractivity contribution in [1.29, 1.82) is 0 Å². The van der Waals surface area contributed by atoms with Gasteiger partial charge in [0.2, 0.25) is 6.10 Å². The number of carbonyl (C=O) groups excluding carboxylic acids is 3. The maximum absolute atomic E-state index is 12.3. The molecule has 2 rings (SSSR count). The number of benzene rings is 2. The summed E-state index contributed by atoms with van der Waals surface area (Å²) in [6, 6.07) is 14.6. The van der Waals surface area contributed by atoms with Crippen LogP contribution in [0.25, 0.3) is 0 Å². The predicted molar refractivity (Wildman–Crippen MR) is 93.0 cm³/mol. The number of halogens is 1. The summed E-state index contributed by atoms with van der Waals surface area (Å²) in [5.41, 5.74) is 1.05. The van der Waals surface area contributed by atoms with Crippen LogP contribution in [-0.2, 0) is 20.7 Å². The summed E-state index contributed by atoms with van der Waals surface area (Å²) in [7, 11) is 1.38. The van der Waals surface area contributed by atoms with Gasteiger partial charge in [-0.1, -0.05) is 60.1 Å². The van der Waals surface area contributed by atoms with Crippen LogP contribution in [0.3, 0.4) is 0 Å². The lowest BCUT2D eigenvalue weighted by atomic mass is 10.1. The van der Waals surface area contributed by atoms with E-state index in [-0.39, 0.29) is 6.42 Å². The summed E-state index contributed by atoms with van der Waals surface area (Å²) in [4.78, 5) is 35.9. The molecule has 0 saturated carbocycles. The fourth-order valence-corrected chi connectivity index (χ4v) is 2.31. The number of rotatable bonds is 5. The number of urea groups is 1. The number of hydrogen-bond donors (Lipinski definition) is 2. The molecule has 7 heteroatoms. The number of nitrogens with one attached hydrogen (secondary N) is 2. The van der Waals surface area contributed by atoms with E-state index in [0.717, 1.165) is 0 Å². The number of amides is 3. The first-order valence-corrected chi connectivity index (χ1v) is 7.89. The zero-order valence-electron chi connectivity index (χ0n) is 13.5. The number of imide groups is 1. The Kier molecular flexibility index (Phi) is 6.54. The van der Waals surface area contributed by atoms with Crippen LogP contribution in [0, 0.1) is 0 Å². The van der Waals surface area contributed by atoms with Gasteiger partial charge in [-0.15, -0.1) is 0 Å². The van der Waals surface area contributed by atoms with Gasteiger partial charge >= 0.3 is 12.0 Å². The first kappa shape index (κ1) is 18.5. The zero-order chi connectivity index (χ0) is 18.2. The number of carbonyl (C=O) groups is 3. The predicted octanol–water partition coefficient (Wildman–Crippen LogP) is 2.62. The number of hydrogen-bond acceptors (Lipinski definition) is 4. The van der Waals surface area contributed by atoms with E-state index >= 15 is 0 Å². The highest BCUT2D eigenvalue weighted by molar-refractivity contribution is 6.31. The Hall–Kier alpha value is -2.86. The fraction of sp³-hybridized carbons (Fsp3) is 0.167. The number of ether oxygens (including phenoxy) is 1. The number of esters is 1. The second-order valence-electron chi connectivity index (χ2n) is 5.12. The molecule has 2 aromatic carbocycles. The average Bonchev–Trinajstić information content (AvgIpc) is 2.62. The van der Waals surface area contributed by atoms with E-state index in [9.17, 15) is 14.4 Å². The van der Waals surface area contributed by atoms with Crippen LogP contribution in [0.1, 0.15) is 17.2 Å². The molecule has 2 N–H and O–H groups in total. The minimum Gasteiger partial charge on any atom is -0.447 e. The Bertz CT molecular complexity index is 765. The van der Waals surface area contributed by atoms with Gasteiger partial charge in [0.25, 0.3) is 5.91 Å². The van der Waals surface area contributed by atoms with Gasteiger partial charge in [-0.05, 0) is 11.6 Å². The Morgan fingerprint density at radius 2 is 1.68 bits per heavy atom. The lowest BCUT2D eigenvalue weighted by molar-refractivity contribution is -0.155. The first-order valence-electron chi connectivity index (χ1n) is 7.51. The van der Waals surface area contributed by atoms with Crippen molar-refractivity contribution >= 4 is 29.5 Å². The quantitative estimate of drug-likeness (QED) is 0.803. The van der Waals surface area contributed by atoms with Crippen LogP contribution < -0.4 is 10.6 Å². The molecule has 0 spiro atoms. The summed E-state index contributed by atoms with van der Waals surface area (Å²) in [5, 5.41) is 4.83. The molecule has 0 aliphatic rings. The lowest BCUT2D eigenvalue weighted by Gasteiger charge is -2.17. The van der Waals surface area contributed by atoms with E-state index in [0.29, 0.717) is 16.1 Å². The molecule has 130 valence electrons. The van der Waals surface area contributed by atoms with Gasteiger partial charge in [-0.2, -0.15) is 0 Å². The summed E-state index contributed by atoms with van der Waals surface area (Å²) >= 11 is 6.03. The van der Waals surface area contributed by atoms with Crippen molar-refractivity contribution in [3.05, 3.63) is 70.7 Å². The van der Waals surface area contributed by atoms with Gasteiger partial charge in [0.1, 0.15) is 0 Å². The Morgan fingerprint density at radius 1 is 1.04 bits per heavy atom. The van der Waals surface area contributed by atoms with Crippen LogP contribution >= 0.6 is 11.6 Å². The second-order valence-corrected chi connectivity index (χ2v) is 5.52. The van der Waals surface area contributed by atoms with Crippen molar-refractivity contribution in [3.8, 4) is 0 Å². The first-order chi connectivity index (χ1) is 12.0. The van der Waals surface area contributed by atoms with Crippen molar-refractivity contribution in [2.75, 3.05) is 7.05 Å². The molecular formula is C18H17ClN2O4. The van der Waals surface area contributed by atoms with Crippen molar-refractivity contribution in [3.63, 3.8) is 0 Å². The van der Waals surface area contributed by atoms with Crippen molar-refractivity contribution < 1.29 is 19.1 Å². The molecule has 0 aliphatic carbocycles. The standard InChI is InChI=1S/C18H17ClN2O4/c1-20-18(24)21-17(23)16(12-7-3-2-4-8-12)25-15(22)11-13-9-5-6-10-14(13)19/h2-10,16H,11H2,1H3,(H2,20,21,23,24)/t16-/m1/s1. The van der Waals surface area contributed by atoms with Crippen LogP contribution in [0.2, 0.25) is 5.02 Å². The zero-order valence-corrected chi connectivity index (χ0v) is 14.2. The minimum absolute atomic E-state index is 0.0870. The average molecular weight is 361 g/mol. The summed E-state index contributed by atoms with van der Waals surface area (Å²) < 4.78 is 5.31. The van der Waals surface area contributed by atoms with E-state index in [4.69, 9.17) is 16.3 Å². The fourth-order valence-electron chi connectivity index (χ4n) is 2.11. The van der Waals surface area contributed by atoms with Crippen LogP contribution in [-0.4, -0.2) is 25.0 Å². The van der Waals surface area contributed by atoms with Crippen LogP contribution in [0.15, 0.2) is 54.6 Å². The Balaban J connectivity index is 2.15. The summed E-state index contributed by atoms with van der Waals surface area (Å²) in [6.07, 6.45) is -1.33. The van der Waals surface area contributed by atoms with Crippen molar-refractivity contribution in [2.24, 2.45) is 0 Å². The molecule has 1 atom stereocenters.